The van der Waals surface area contributed by atoms with Crippen LogP contribution in [0.1, 0.15) is 35.7 Å². The Morgan fingerprint density at radius 2 is 2.00 bits per heavy atom. The normalized spacial score (nSPS) is 15.9. The highest BCUT2D eigenvalue weighted by atomic mass is 16.4. The van der Waals surface area contributed by atoms with Crippen LogP contribution in [0.5, 0.6) is 5.75 Å². The number of nitrogens with zero attached hydrogens (tertiary/aromatic N) is 1. The molecular formula is C14H17NO4. The van der Waals surface area contributed by atoms with Crippen molar-refractivity contribution >= 4 is 11.9 Å². The summed E-state index contributed by atoms with van der Waals surface area (Å²) in [6.07, 6.45) is 1.63. The second-order valence-electron chi connectivity index (χ2n) is 4.93. The molecule has 1 fully saturated rings. The molecule has 0 aromatic heterocycles. The number of hydrogen-bond donors (Lipinski definition) is 2. The lowest BCUT2D eigenvalue weighted by molar-refractivity contribution is -0.141. The summed E-state index contributed by atoms with van der Waals surface area (Å²) >= 11 is 0. The van der Waals surface area contributed by atoms with Crippen molar-refractivity contribution in [1.82, 2.24) is 4.90 Å². The summed E-state index contributed by atoms with van der Waals surface area (Å²) in [4.78, 5) is 24.9. The van der Waals surface area contributed by atoms with Gasteiger partial charge in [-0.3, -0.25) is 4.79 Å². The summed E-state index contributed by atoms with van der Waals surface area (Å²) < 4.78 is 0. The van der Waals surface area contributed by atoms with Crippen molar-refractivity contribution in [2.45, 2.75) is 38.8 Å². The van der Waals surface area contributed by atoms with Crippen molar-refractivity contribution in [3.8, 4) is 5.75 Å². The van der Waals surface area contributed by atoms with E-state index >= 15 is 0 Å². The molecule has 1 atom stereocenters. The number of carboxylic acid groups (broad SMARTS) is 1. The Bertz CT molecular complexity index is 522. The van der Waals surface area contributed by atoms with E-state index in [0.717, 1.165) is 12.8 Å². The maximum Gasteiger partial charge on any atom is 0.326 e. The first kappa shape index (κ1) is 13.4. The van der Waals surface area contributed by atoms with Gasteiger partial charge in [-0.15, -0.1) is 0 Å². The average Bonchev–Trinajstić information content (AvgIpc) is 3.17. The highest BCUT2D eigenvalue weighted by Crippen LogP contribution is 2.32. The lowest BCUT2D eigenvalue weighted by Crippen LogP contribution is -2.44. The standard InChI is InChI=1S/C14H17NO4/c1-8-4-3-5-11(12(8)16)13(17)15(10-6-7-10)9(2)14(18)19/h3-5,9-10,16H,6-7H2,1-2H3,(H,18,19). The third kappa shape index (κ3) is 2.54. The predicted molar refractivity (Wildman–Crippen MR) is 69.1 cm³/mol. The van der Waals surface area contributed by atoms with Crippen LogP contribution in [0, 0.1) is 6.92 Å². The van der Waals surface area contributed by atoms with Crippen LogP contribution in [0.15, 0.2) is 18.2 Å². The van der Waals surface area contributed by atoms with Crippen molar-refractivity contribution in [1.29, 1.82) is 0 Å². The van der Waals surface area contributed by atoms with Crippen LogP contribution in [0.4, 0.5) is 0 Å². The number of hydrogen-bond acceptors (Lipinski definition) is 3. The van der Waals surface area contributed by atoms with Gasteiger partial charge in [0.1, 0.15) is 11.8 Å². The molecule has 0 radical (unpaired) electrons. The van der Waals surface area contributed by atoms with E-state index in [4.69, 9.17) is 5.11 Å². The lowest BCUT2D eigenvalue weighted by atomic mass is 10.1. The molecule has 2 rings (SSSR count). The van der Waals surface area contributed by atoms with Crippen molar-refractivity contribution in [3.05, 3.63) is 29.3 Å². The zero-order valence-electron chi connectivity index (χ0n) is 11.0. The van der Waals surface area contributed by atoms with Gasteiger partial charge in [-0.2, -0.15) is 0 Å². The highest BCUT2D eigenvalue weighted by Gasteiger charge is 2.39. The van der Waals surface area contributed by atoms with E-state index in [9.17, 15) is 14.7 Å². The van der Waals surface area contributed by atoms with Gasteiger partial charge in [0.25, 0.3) is 5.91 Å². The van der Waals surface area contributed by atoms with Crippen molar-refractivity contribution in [3.63, 3.8) is 0 Å². The molecule has 0 spiro atoms. The zero-order chi connectivity index (χ0) is 14.2. The van der Waals surface area contributed by atoms with Crippen LogP contribution >= 0.6 is 0 Å². The van der Waals surface area contributed by atoms with E-state index < -0.39 is 17.9 Å². The summed E-state index contributed by atoms with van der Waals surface area (Å²) in [6.45, 7) is 3.19. The van der Waals surface area contributed by atoms with Crippen LogP contribution < -0.4 is 0 Å². The van der Waals surface area contributed by atoms with Crippen LogP contribution in [-0.2, 0) is 4.79 Å². The molecule has 1 aliphatic carbocycles. The number of amides is 1. The van der Waals surface area contributed by atoms with Crippen molar-refractivity contribution in [2.24, 2.45) is 0 Å². The summed E-state index contributed by atoms with van der Waals surface area (Å²) in [5.74, 6) is -1.53. The van der Waals surface area contributed by atoms with Gasteiger partial charge in [0.15, 0.2) is 0 Å². The van der Waals surface area contributed by atoms with Crippen molar-refractivity contribution < 1.29 is 19.8 Å². The first-order valence-electron chi connectivity index (χ1n) is 6.27. The molecule has 0 heterocycles. The molecule has 1 aromatic rings. The fourth-order valence-corrected chi connectivity index (χ4v) is 2.10. The molecule has 0 saturated heterocycles. The number of phenolic OH excluding ortho intramolecular Hbond substituents is 1. The summed E-state index contributed by atoms with van der Waals surface area (Å²) in [7, 11) is 0. The summed E-state index contributed by atoms with van der Waals surface area (Å²) in [5.41, 5.74) is 0.768. The molecule has 0 aliphatic heterocycles. The van der Waals surface area contributed by atoms with Gasteiger partial charge >= 0.3 is 5.97 Å². The fraction of sp³-hybridized carbons (Fsp3) is 0.429. The van der Waals surface area contributed by atoms with Gasteiger partial charge in [-0.25, -0.2) is 4.79 Å². The fourth-order valence-electron chi connectivity index (χ4n) is 2.10. The van der Waals surface area contributed by atoms with E-state index in [0.29, 0.717) is 5.56 Å². The molecule has 1 aliphatic rings. The molecule has 102 valence electrons. The Kier molecular flexibility index (Phi) is 3.46. The Morgan fingerprint density at radius 1 is 1.37 bits per heavy atom. The third-order valence-electron chi connectivity index (χ3n) is 3.42. The number of aryl methyl sites for hydroxylation is 1. The molecule has 1 aromatic carbocycles. The number of aliphatic carboxylic acids is 1. The number of rotatable bonds is 4. The van der Waals surface area contributed by atoms with E-state index in [2.05, 4.69) is 0 Å². The van der Waals surface area contributed by atoms with Gasteiger partial charge in [0.2, 0.25) is 0 Å². The first-order chi connectivity index (χ1) is 8.93. The number of benzene rings is 1. The minimum absolute atomic E-state index is 0.0292. The van der Waals surface area contributed by atoms with Gasteiger partial charge < -0.3 is 15.1 Å². The monoisotopic (exact) mass is 263 g/mol. The Labute approximate surface area is 111 Å². The number of carbonyl (C=O) groups excluding carboxylic acids is 1. The van der Waals surface area contributed by atoms with Gasteiger partial charge in [-0.05, 0) is 38.3 Å². The topological polar surface area (TPSA) is 77.8 Å². The Balaban J connectivity index is 2.34. The molecule has 2 N–H and O–H groups in total. The first-order valence-corrected chi connectivity index (χ1v) is 6.27. The maximum absolute atomic E-state index is 12.4. The molecule has 1 amide bonds. The quantitative estimate of drug-likeness (QED) is 0.868. The largest absolute Gasteiger partial charge is 0.507 e. The van der Waals surface area contributed by atoms with Crippen LogP contribution in [0.25, 0.3) is 0 Å². The smallest absolute Gasteiger partial charge is 0.326 e. The van der Waals surface area contributed by atoms with E-state index in [1.165, 1.54) is 17.9 Å². The predicted octanol–water partition coefficient (Wildman–Crippen LogP) is 1.78. The van der Waals surface area contributed by atoms with Crippen LogP contribution in [0.3, 0.4) is 0 Å². The summed E-state index contributed by atoms with van der Waals surface area (Å²) in [6, 6.07) is 3.99. The second-order valence-corrected chi connectivity index (χ2v) is 4.93. The lowest BCUT2D eigenvalue weighted by Gasteiger charge is -2.27. The maximum atomic E-state index is 12.4. The van der Waals surface area contributed by atoms with Gasteiger partial charge in [0.05, 0.1) is 5.56 Å². The molecule has 5 nitrogen and oxygen atoms in total. The number of aromatic hydroxyl groups is 1. The van der Waals surface area contributed by atoms with Gasteiger partial charge in [0, 0.05) is 6.04 Å². The molecule has 1 unspecified atom stereocenters. The van der Waals surface area contributed by atoms with Gasteiger partial charge in [-0.1, -0.05) is 12.1 Å². The number of carboxylic acids is 1. The molecular weight excluding hydrogens is 246 g/mol. The molecule has 0 bridgehead atoms. The summed E-state index contributed by atoms with van der Waals surface area (Å²) in [5, 5.41) is 19.0. The van der Waals surface area contributed by atoms with E-state index in [1.807, 2.05) is 0 Å². The van der Waals surface area contributed by atoms with Crippen molar-refractivity contribution in [2.75, 3.05) is 0 Å². The SMILES string of the molecule is Cc1cccc(C(=O)N(C2CC2)C(C)C(=O)O)c1O. The van der Waals surface area contributed by atoms with E-state index in [-0.39, 0.29) is 17.4 Å². The minimum Gasteiger partial charge on any atom is -0.507 e. The highest BCUT2D eigenvalue weighted by molar-refractivity contribution is 5.99. The Morgan fingerprint density at radius 3 is 2.53 bits per heavy atom. The average molecular weight is 263 g/mol. The molecule has 1 saturated carbocycles. The molecule has 19 heavy (non-hydrogen) atoms. The zero-order valence-corrected chi connectivity index (χ0v) is 11.0. The minimum atomic E-state index is -1.03. The number of para-hydroxylation sites is 1. The van der Waals surface area contributed by atoms with Crippen LogP contribution in [-0.4, -0.2) is 39.1 Å². The number of carbonyl (C=O) groups is 2. The second kappa shape index (κ2) is 4.91. The Hall–Kier alpha value is -2.04. The van der Waals surface area contributed by atoms with E-state index in [1.54, 1.807) is 19.1 Å². The van der Waals surface area contributed by atoms with Crippen LogP contribution in [0.2, 0.25) is 0 Å². The third-order valence-corrected chi connectivity index (χ3v) is 3.42. The number of phenols is 1. The molecule has 5 heteroatoms.